The number of halogens is 1. The highest BCUT2D eigenvalue weighted by Gasteiger charge is 2.34. The normalized spacial score (nSPS) is 25.6. The zero-order valence-electron chi connectivity index (χ0n) is 11.9. The van der Waals surface area contributed by atoms with Crippen LogP contribution in [0.4, 0.5) is 0 Å². The molecule has 1 atom stereocenters. The van der Waals surface area contributed by atoms with Gasteiger partial charge in [0, 0.05) is 25.6 Å². The lowest BCUT2D eigenvalue weighted by molar-refractivity contribution is -0.126. The fraction of sp³-hybridized carbons (Fsp3) is 0.929. The molecule has 19 heavy (non-hydrogen) atoms. The van der Waals surface area contributed by atoms with Crippen LogP contribution in [0.1, 0.15) is 38.5 Å². The van der Waals surface area contributed by atoms with Gasteiger partial charge >= 0.3 is 0 Å². The summed E-state index contributed by atoms with van der Waals surface area (Å²) in [5.41, 5.74) is 0.201. The molecule has 0 radical (unpaired) electrons. The van der Waals surface area contributed by atoms with Crippen LogP contribution in [0.2, 0.25) is 0 Å². The van der Waals surface area contributed by atoms with E-state index in [1.165, 1.54) is 25.7 Å². The molecule has 5 heteroatoms. The van der Waals surface area contributed by atoms with Gasteiger partial charge in [-0.25, -0.2) is 0 Å². The van der Waals surface area contributed by atoms with Gasteiger partial charge in [-0.2, -0.15) is 0 Å². The van der Waals surface area contributed by atoms with Crippen LogP contribution in [-0.2, 0) is 9.53 Å². The van der Waals surface area contributed by atoms with Crippen LogP contribution in [-0.4, -0.2) is 39.3 Å². The van der Waals surface area contributed by atoms with Crippen molar-refractivity contribution in [2.75, 3.05) is 33.4 Å². The highest BCUT2D eigenvalue weighted by Crippen LogP contribution is 2.37. The third kappa shape index (κ3) is 4.62. The van der Waals surface area contributed by atoms with Crippen molar-refractivity contribution in [3.63, 3.8) is 0 Å². The SMILES string of the molecule is COCC1(CNC(=O)C2CCCNC2)CCCC1.Cl. The van der Waals surface area contributed by atoms with E-state index in [1.807, 2.05) is 0 Å². The molecule has 1 aliphatic heterocycles. The van der Waals surface area contributed by atoms with Gasteiger partial charge < -0.3 is 15.4 Å². The Balaban J connectivity index is 0.00000180. The maximum Gasteiger partial charge on any atom is 0.224 e. The lowest BCUT2D eigenvalue weighted by Crippen LogP contribution is -2.45. The maximum absolute atomic E-state index is 12.1. The van der Waals surface area contributed by atoms with Crippen molar-refractivity contribution in [2.24, 2.45) is 11.3 Å². The predicted molar refractivity (Wildman–Crippen MR) is 78.6 cm³/mol. The Labute approximate surface area is 122 Å². The van der Waals surface area contributed by atoms with Gasteiger partial charge in [0.1, 0.15) is 0 Å². The summed E-state index contributed by atoms with van der Waals surface area (Å²) in [5.74, 6) is 0.393. The predicted octanol–water partition coefficient (Wildman–Crippen LogP) is 1.73. The summed E-state index contributed by atoms with van der Waals surface area (Å²) in [4.78, 5) is 12.1. The molecule has 1 aliphatic carbocycles. The molecule has 0 bridgehead atoms. The quantitative estimate of drug-likeness (QED) is 0.811. The van der Waals surface area contributed by atoms with E-state index in [-0.39, 0.29) is 29.6 Å². The highest BCUT2D eigenvalue weighted by atomic mass is 35.5. The molecular weight excluding hydrogens is 264 g/mol. The summed E-state index contributed by atoms with van der Waals surface area (Å²) < 4.78 is 5.34. The molecule has 1 unspecified atom stereocenters. The van der Waals surface area contributed by atoms with E-state index < -0.39 is 0 Å². The molecule has 4 nitrogen and oxygen atoms in total. The fourth-order valence-electron chi connectivity index (χ4n) is 3.30. The standard InChI is InChI=1S/C14H26N2O2.ClH/c1-18-11-14(6-2-3-7-14)10-16-13(17)12-5-4-8-15-9-12;/h12,15H,2-11H2,1H3,(H,16,17);1H. The fourth-order valence-corrected chi connectivity index (χ4v) is 3.30. The largest absolute Gasteiger partial charge is 0.384 e. The molecule has 112 valence electrons. The second kappa shape index (κ2) is 8.08. The van der Waals surface area contributed by atoms with E-state index >= 15 is 0 Å². The van der Waals surface area contributed by atoms with Gasteiger partial charge in [0.2, 0.25) is 5.91 Å². The first kappa shape index (κ1) is 16.7. The minimum atomic E-state index is 0. The Kier molecular flexibility index (Phi) is 7.11. The van der Waals surface area contributed by atoms with Gasteiger partial charge in [-0.15, -0.1) is 12.4 Å². The first-order valence-corrected chi connectivity index (χ1v) is 7.23. The molecule has 1 amide bonds. The van der Waals surface area contributed by atoms with Crippen molar-refractivity contribution in [3.8, 4) is 0 Å². The number of methoxy groups -OCH3 is 1. The topological polar surface area (TPSA) is 50.4 Å². The summed E-state index contributed by atoms with van der Waals surface area (Å²) in [5, 5.41) is 6.45. The number of ether oxygens (including phenoxy) is 1. The molecule has 2 rings (SSSR count). The van der Waals surface area contributed by atoms with Crippen molar-refractivity contribution < 1.29 is 9.53 Å². The molecule has 0 spiro atoms. The van der Waals surface area contributed by atoms with Gasteiger partial charge in [-0.3, -0.25) is 4.79 Å². The zero-order chi connectivity index (χ0) is 12.8. The average molecular weight is 291 g/mol. The molecule has 2 aliphatic rings. The number of amides is 1. The van der Waals surface area contributed by atoms with E-state index in [4.69, 9.17) is 4.74 Å². The van der Waals surface area contributed by atoms with E-state index in [1.54, 1.807) is 7.11 Å². The number of carbonyl (C=O) groups is 1. The Morgan fingerprint density at radius 3 is 2.68 bits per heavy atom. The van der Waals surface area contributed by atoms with E-state index in [9.17, 15) is 4.79 Å². The van der Waals surface area contributed by atoms with Crippen LogP contribution in [0.15, 0.2) is 0 Å². The second-order valence-corrected chi connectivity index (χ2v) is 5.90. The average Bonchev–Trinajstić information content (AvgIpc) is 2.87. The van der Waals surface area contributed by atoms with E-state index in [2.05, 4.69) is 10.6 Å². The van der Waals surface area contributed by atoms with Gasteiger partial charge in [0.25, 0.3) is 0 Å². The van der Waals surface area contributed by atoms with Crippen LogP contribution >= 0.6 is 12.4 Å². The van der Waals surface area contributed by atoms with Gasteiger partial charge in [-0.05, 0) is 32.2 Å². The molecule has 0 aromatic rings. The van der Waals surface area contributed by atoms with Crippen LogP contribution in [0, 0.1) is 11.3 Å². The van der Waals surface area contributed by atoms with E-state index in [0.717, 1.165) is 39.1 Å². The molecule has 1 heterocycles. The molecule has 0 aromatic heterocycles. The molecule has 1 saturated carbocycles. The minimum Gasteiger partial charge on any atom is -0.384 e. The van der Waals surface area contributed by atoms with Crippen molar-refractivity contribution in [1.82, 2.24) is 10.6 Å². The zero-order valence-corrected chi connectivity index (χ0v) is 12.7. The Morgan fingerprint density at radius 1 is 1.37 bits per heavy atom. The van der Waals surface area contributed by atoms with E-state index in [0.29, 0.717) is 0 Å². The summed E-state index contributed by atoms with van der Waals surface area (Å²) >= 11 is 0. The lowest BCUT2D eigenvalue weighted by atomic mass is 9.86. The van der Waals surface area contributed by atoms with Crippen LogP contribution in [0.25, 0.3) is 0 Å². The second-order valence-electron chi connectivity index (χ2n) is 5.90. The minimum absolute atomic E-state index is 0. The highest BCUT2D eigenvalue weighted by molar-refractivity contribution is 5.85. The van der Waals surface area contributed by atoms with Crippen molar-refractivity contribution in [1.29, 1.82) is 0 Å². The summed E-state index contributed by atoms with van der Waals surface area (Å²) in [6, 6.07) is 0. The van der Waals surface area contributed by atoms with Crippen molar-refractivity contribution in [3.05, 3.63) is 0 Å². The number of piperidine rings is 1. The van der Waals surface area contributed by atoms with Gasteiger partial charge in [0.05, 0.1) is 12.5 Å². The molecule has 2 fully saturated rings. The lowest BCUT2D eigenvalue weighted by Gasteiger charge is -2.30. The Bertz CT molecular complexity index is 275. The van der Waals surface area contributed by atoms with Crippen molar-refractivity contribution in [2.45, 2.75) is 38.5 Å². The summed E-state index contributed by atoms with van der Waals surface area (Å²) in [6.07, 6.45) is 7.04. The Hall–Kier alpha value is -0.320. The van der Waals surface area contributed by atoms with Crippen LogP contribution in [0.5, 0.6) is 0 Å². The first-order valence-electron chi connectivity index (χ1n) is 7.23. The van der Waals surface area contributed by atoms with Gasteiger partial charge in [-0.1, -0.05) is 12.8 Å². The van der Waals surface area contributed by atoms with Crippen LogP contribution < -0.4 is 10.6 Å². The van der Waals surface area contributed by atoms with Crippen molar-refractivity contribution >= 4 is 18.3 Å². The van der Waals surface area contributed by atoms with Gasteiger partial charge in [0.15, 0.2) is 0 Å². The number of hydrogen-bond acceptors (Lipinski definition) is 3. The maximum atomic E-state index is 12.1. The molecular formula is C14H27ClN2O2. The smallest absolute Gasteiger partial charge is 0.224 e. The molecule has 1 saturated heterocycles. The first-order chi connectivity index (χ1) is 8.76. The number of rotatable bonds is 5. The summed E-state index contributed by atoms with van der Waals surface area (Å²) in [7, 11) is 1.76. The monoisotopic (exact) mass is 290 g/mol. The number of hydrogen-bond donors (Lipinski definition) is 2. The van der Waals surface area contributed by atoms with Crippen LogP contribution in [0.3, 0.4) is 0 Å². The Morgan fingerprint density at radius 2 is 2.11 bits per heavy atom. The number of carbonyl (C=O) groups excluding carboxylic acids is 1. The number of nitrogens with one attached hydrogen (secondary N) is 2. The third-order valence-electron chi connectivity index (χ3n) is 4.42. The molecule has 0 aromatic carbocycles. The summed E-state index contributed by atoms with van der Waals surface area (Å²) in [6.45, 7) is 3.45. The third-order valence-corrected chi connectivity index (χ3v) is 4.42. The molecule has 2 N–H and O–H groups in total.